The fourth-order valence-electron chi connectivity index (χ4n) is 1.11. The van der Waals surface area contributed by atoms with Gasteiger partial charge in [-0.05, 0) is 19.4 Å². The molecule has 0 heterocycles. The maximum atomic E-state index is 11.0. The number of carbonyl (C=O) groups is 1. The highest BCUT2D eigenvalue weighted by Crippen LogP contribution is 2.17. The fourth-order valence-corrected chi connectivity index (χ4v) is 1.11. The molecule has 3 nitrogen and oxygen atoms in total. The van der Waals surface area contributed by atoms with Gasteiger partial charge in [0.2, 0.25) is 5.91 Å². The molecule has 0 spiro atoms. The number of rotatable bonds is 2. The van der Waals surface area contributed by atoms with E-state index in [2.05, 4.69) is 0 Å². The Labute approximate surface area is 77.7 Å². The van der Waals surface area contributed by atoms with Crippen molar-refractivity contribution in [3.8, 4) is 0 Å². The SMILES string of the molecule is Cc1cccc(C(C)(N)C(N)=O)c1. The minimum absolute atomic E-state index is 0.516. The highest BCUT2D eigenvalue weighted by Gasteiger charge is 2.27. The number of primary amides is 1. The zero-order valence-electron chi connectivity index (χ0n) is 7.87. The lowest BCUT2D eigenvalue weighted by molar-refractivity contribution is -0.122. The number of amides is 1. The molecule has 13 heavy (non-hydrogen) atoms. The third kappa shape index (κ3) is 1.87. The first-order chi connectivity index (χ1) is 5.94. The zero-order valence-corrected chi connectivity index (χ0v) is 7.87. The van der Waals surface area contributed by atoms with Crippen LogP contribution in [0.2, 0.25) is 0 Å². The van der Waals surface area contributed by atoms with Gasteiger partial charge in [-0.15, -0.1) is 0 Å². The molecule has 1 rings (SSSR count). The second-order valence-corrected chi connectivity index (χ2v) is 3.44. The Morgan fingerprint density at radius 1 is 1.46 bits per heavy atom. The summed E-state index contributed by atoms with van der Waals surface area (Å²) in [5.41, 5.74) is 11.7. The Morgan fingerprint density at radius 2 is 2.08 bits per heavy atom. The van der Waals surface area contributed by atoms with E-state index >= 15 is 0 Å². The Kier molecular flexibility index (Phi) is 2.38. The molecular formula is C10H14N2O. The minimum Gasteiger partial charge on any atom is -0.368 e. The van der Waals surface area contributed by atoms with Crippen molar-refractivity contribution in [1.82, 2.24) is 0 Å². The number of hydrogen-bond donors (Lipinski definition) is 2. The monoisotopic (exact) mass is 178 g/mol. The quantitative estimate of drug-likeness (QED) is 0.698. The highest BCUT2D eigenvalue weighted by molar-refractivity contribution is 5.85. The number of hydrogen-bond acceptors (Lipinski definition) is 2. The fraction of sp³-hybridized carbons (Fsp3) is 0.300. The molecule has 0 aromatic heterocycles. The van der Waals surface area contributed by atoms with Gasteiger partial charge in [-0.2, -0.15) is 0 Å². The summed E-state index contributed by atoms with van der Waals surface area (Å²) < 4.78 is 0. The Bertz CT molecular complexity index is 331. The van der Waals surface area contributed by atoms with Crippen LogP contribution in [0.4, 0.5) is 0 Å². The number of aryl methyl sites for hydroxylation is 1. The van der Waals surface area contributed by atoms with Gasteiger partial charge in [0, 0.05) is 0 Å². The molecule has 1 aromatic carbocycles. The third-order valence-electron chi connectivity index (χ3n) is 2.13. The van der Waals surface area contributed by atoms with Crippen molar-refractivity contribution in [2.45, 2.75) is 19.4 Å². The molecule has 0 aliphatic rings. The van der Waals surface area contributed by atoms with E-state index in [0.717, 1.165) is 11.1 Å². The van der Waals surface area contributed by atoms with Crippen LogP contribution in [0.1, 0.15) is 18.1 Å². The van der Waals surface area contributed by atoms with Gasteiger partial charge in [-0.3, -0.25) is 4.79 Å². The van der Waals surface area contributed by atoms with E-state index in [9.17, 15) is 4.79 Å². The van der Waals surface area contributed by atoms with Gasteiger partial charge in [0.1, 0.15) is 5.54 Å². The van der Waals surface area contributed by atoms with Crippen LogP contribution in [-0.2, 0) is 10.3 Å². The number of nitrogens with two attached hydrogens (primary N) is 2. The molecule has 70 valence electrons. The second-order valence-electron chi connectivity index (χ2n) is 3.44. The maximum absolute atomic E-state index is 11.0. The van der Waals surface area contributed by atoms with E-state index in [-0.39, 0.29) is 0 Å². The predicted octanol–water partition coefficient (Wildman–Crippen LogP) is 0.654. The third-order valence-corrected chi connectivity index (χ3v) is 2.13. The lowest BCUT2D eigenvalue weighted by Crippen LogP contribution is -2.46. The second kappa shape index (κ2) is 3.18. The Morgan fingerprint density at radius 3 is 2.54 bits per heavy atom. The van der Waals surface area contributed by atoms with Crippen LogP contribution in [0.25, 0.3) is 0 Å². The van der Waals surface area contributed by atoms with Crippen molar-refractivity contribution in [3.05, 3.63) is 35.4 Å². The molecule has 4 N–H and O–H groups in total. The molecule has 0 radical (unpaired) electrons. The van der Waals surface area contributed by atoms with Crippen LogP contribution in [0, 0.1) is 6.92 Å². The summed E-state index contributed by atoms with van der Waals surface area (Å²) in [5, 5.41) is 0. The molecule has 1 unspecified atom stereocenters. The van der Waals surface area contributed by atoms with Crippen molar-refractivity contribution in [1.29, 1.82) is 0 Å². The van der Waals surface area contributed by atoms with Crippen molar-refractivity contribution in [2.75, 3.05) is 0 Å². The van der Waals surface area contributed by atoms with Gasteiger partial charge < -0.3 is 11.5 Å². The summed E-state index contributed by atoms with van der Waals surface area (Å²) in [6, 6.07) is 7.47. The van der Waals surface area contributed by atoms with Gasteiger partial charge in [-0.1, -0.05) is 29.8 Å². The largest absolute Gasteiger partial charge is 0.368 e. The van der Waals surface area contributed by atoms with Gasteiger partial charge in [0.15, 0.2) is 0 Å². The average Bonchev–Trinajstić information content (AvgIpc) is 2.04. The molecule has 0 saturated heterocycles. The first-order valence-corrected chi connectivity index (χ1v) is 4.10. The molecule has 0 fully saturated rings. The zero-order chi connectivity index (χ0) is 10.1. The van der Waals surface area contributed by atoms with E-state index in [0.29, 0.717) is 0 Å². The summed E-state index contributed by atoms with van der Waals surface area (Å²) >= 11 is 0. The molecule has 0 aliphatic carbocycles. The highest BCUT2D eigenvalue weighted by atomic mass is 16.1. The van der Waals surface area contributed by atoms with E-state index in [4.69, 9.17) is 11.5 Å². The van der Waals surface area contributed by atoms with E-state index in [1.165, 1.54) is 0 Å². The van der Waals surface area contributed by atoms with Crippen LogP contribution in [0.15, 0.2) is 24.3 Å². The lowest BCUT2D eigenvalue weighted by Gasteiger charge is -2.21. The topological polar surface area (TPSA) is 69.1 Å². The van der Waals surface area contributed by atoms with Crippen LogP contribution in [-0.4, -0.2) is 5.91 Å². The predicted molar refractivity (Wildman–Crippen MR) is 51.9 cm³/mol. The number of carbonyl (C=O) groups excluding carboxylic acids is 1. The van der Waals surface area contributed by atoms with Gasteiger partial charge >= 0.3 is 0 Å². The van der Waals surface area contributed by atoms with E-state index in [1.807, 2.05) is 25.1 Å². The van der Waals surface area contributed by atoms with Crippen LogP contribution >= 0.6 is 0 Å². The Balaban J connectivity index is 3.14. The van der Waals surface area contributed by atoms with Crippen molar-refractivity contribution >= 4 is 5.91 Å². The molecule has 0 bridgehead atoms. The molecule has 1 atom stereocenters. The van der Waals surface area contributed by atoms with E-state index < -0.39 is 11.4 Å². The van der Waals surface area contributed by atoms with Gasteiger partial charge in [0.05, 0.1) is 0 Å². The molecule has 3 heteroatoms. The smallest absolute Gasteiger partial charge is 0.241 e. The number of benzene rings is 1. The summed E-state index contributed by atoms with van der Waals surface area (Å²) in [6.07, 6.45) is 0. The van der Waals surface area contributed by atoms with Gasteiger partial charge in [-0.25, -0.2) is 0 Å². The summed E-state index contributed by atoms with van der Waals surface area (Å²) in [6.45, 7) is 3.56. The van der Waals surface area contributed by atoms with Crippen molar-refractivity contribution in [3.63, 3.8) is 0 Å². The van der Waals surface area contributed by atoms with Crippen LogP contribution in [0.3, 0.4) is 0 Å². The first kappa shape index (κ1) is 9.74. The maximum Gasteiger partial charge on any atom is 0.241 e. The summed E-state index contributed by atoms with van der Waals surface area (Å²) in [5.74, 6) is -0.516. The average molecular weight is 178 g/mol. The Hall–Kier alpha value is -1.35. The van der Waals surface area contributed by atoms with Crippen molar-refractivity contribution in [2.24, 2.45) is 11.5 Å². The minimum atomic E-state index is -1.08. The molecule has 0 saturated carbocycles. The standard InChI is InChI=1S/C10H14N2O/c1-7-4-3-5-8(6-7)10(2,12)9(11)13/h3-6H,12H2,1-2H3,(H2,11,13). The molecule has 1 aromatic rings. The summed E-state index contributed by atoms with van der Waals surface area (Å²) in [7, 11) is 0. The normalized spacial score (nSPS) is 15.0. The van der Waals surface area contributed by atoms with Crippen LogP contribution < -0.4 is 11.5 Å². The lowest BCUT2D eigenvalue weighted by atomic mass is 9.91. The molecule has 1 amide bonds. The van der Waals surface area contributed by atoms with Gasteiger partial charge in [0.25, 0.3) is 0 Å². The molecule has 0 aliphatic heterocycles. The van der Waals surface area contributed by atoms with Crippen LogP contribution in [0.5, 0.6) is 0 Å². The van der Waals surface area contributed by atoms with Crippen molar-refractivity contribution < 1.29 is 4.79 Å². The van der Waals surface area contributed by atoms with E-state index in [1.54, 1.807) is 13.0 Å². The first-order valence-electron chi connectivity index (χ1n) is 4.10. The summed E-state index contributed by atoms with van der Waals surface area (Å²) in [4.78, 5) is 11.0. The molecular weight excluding hydrogens is 164 g/mol.